The summed E-state index contributed by atoms with van der Waals surface area (Å²) in [6.07, 6.45) is 2.47. The Labute approximate surface area is 63.3 Å². The second-order valence-corrected chi connectivity index (χ2v) is 3.68. The molecule has 1 rings (SSSR count). The van der Waals surface area contributed by atoms with Gasteiger partial charge in [0.2, 0.25) is 0 Å². The molecule has 58 valence electrons. The van der Waals surface area contributed by atoms with Crippen molar-refractivity contribution in [1.29, 1.82) is 0 Å². The first-order valence-electron chi connectivity index (χ1n) is 4.06. The van der Waals surface area contributed by atoms with Crippen LogP contribution in [0.4, 0.5) is 0 Å². The molecule has 0 radical (unpaired) electrons. The lowest BCUT2D eigenvalue weighted by molar-refractivity contribution is 0.413. The first-order chi connectivity index (χ1) is 4.61. The third kappa shape index (κ3) is 1.34. The van der Waals surface area contributed by atoms with E-state index in [0.29, 0.717) is 5.92 Å². The van der Waals surface area contributed by atoms with Gasteiger partial charge in [0, 0.05) is 5.70 Å². The Hall–Kier alpha value is -0.460. The summed E-state index contributed by atoms with van der Waals surface area (Å²) in [4.78, 5) is 0. The molecule has 0 saturated carbocycles. The minimum absolute atomic E-state index is 0.615. The third-order valence-electron chi connectivity index (χ3n) is 2.43. The van der Waals surface area contributed by atoms with E-state index in [0.717, 1.165) is 11.6 Å². The van der Waals surface area contributed by atoms with E-state index in [9.17, 15) is 0 Å². The van der Waals surface area contributed by atoms with Crippen molar-refractivity contribution in [3.05, 3.63) is 11.3 Å². The van der Waals surface area contributed by atoms with Gasteiger partial charge in [-0.2, -0.15) is 0 Å². The van der Waals surface area contributed by atoms with Crippen molar-refractivity contribution >= 4 is 0 Å². The first kappa shape index (κ1) is 7.64. The molecule has 0 spiro atoms. The van der Waals surface area contributed by atoms with Crippen molar-refractivity contribution in [3.8, 4) is 0 Å². The van der Waals surface area contributed by atoms with Crippen LogP contribution in [0.15, 0.2) is 11.3 Å². The van der Waals surface area contributed by atoms with Gasteiger partial charge in [0.15, 0.2) is 0 Å². The van der Waals surface area contributed by atoms with Gasteiger partial charge in [-0.15, -0.1) is 0 Å². The Morgan fingerprint density at radius 2 is 2.00 bits per heavy atom. The van der Waals surface area contributed by atoms with Crippen molar-refractivity contribution in [2.45, 2.75) is 33.6 Å². The number of hydrogen-bond acceptors (Lipinski definition) is 1. The average Bonchev–Trinajstić information content (AvgIpc) is 1.82. The van der Waals surface area contributed by atoms with Crippen LogP contribution in [-0.4, -0.2) is 0 Å². The van der Waals surface area contributed by atoms with E-state index < -0.39 is 0 Å². The average molecular weight is 139 g/mol. The zero-order chi connectivity index (χ0) is 7.72. The van der Waals surface area contributed by atoms with Gasteiger partial charge in [0.25, 0.3) is 0 Å². The van der Waals surface area contributed by atoms with Crippen LogP contribution in [0.3, 0.4) is 0 Å². The predicted molar refractivity (Wildman–Crippen MR) is 44.4 cm³/mol. The predicted octanol–water partition coefficient (Wildman–Crippen LogP) is 2.29. The van der Waals surface area contributed by atoms with Crippen molar-refractivity contribution in [1.82, 2.24) is 0 Å². The van der Waals surface area contributed by atoms with Crippen LogP contribution >= 0.6 is 0 Å². The molecule has 2 unspecified atom stereocenters. The number of hydrogen-bond donors (Lipinski definition) is 1. The van der Waals surface area contributed by atoms with E-state index in [-0.39, 0.29) is 0 Å². The summed E-state index contributed by atoms with van der Waals surface area (Å²) in [6, 6.07) is 0. The van der Waals surface area contributed by atoms with Crippen molar-refractivity contribution < 1.29 is 0 Å². The monoisotopic (exact) mass is 139 g/mol. The number of rotatable bonds is 0. The number of allylic oxidation sites excluding steroid dienone is 2. The number of nitrogens with two attached hydrogens (primary N) is 1. The molecule has 0 bridgehead atoms. The SMILES string of the molecule is CC1=C(N)C(C)CC(C)C1. The fourth-order valence-electron chi connectivity index (χ4n) is 1.88. The molecular formula is C9H17N. The Morgan fingerprint density at radius 3 is 2.50 bits per heavy atom. The molecule has 1 heteroatoms. The van der Waals surface area contributed by atoms with Crippen LogP contribution in [0, 0.1) is 11.8 Å². The Bertz CT molecular complexity index is 158. The zero-order valence-electron chi connectivity index (χ0n) is 7.15. The highest BCUT2D eigenvalue weighted by Gasteiger charge is 2.18. The van der Waals surface area contributed by atoms with Gasteiger partial charge in [-0.1, -0.05) is 19.4 Å². The summed E-state index contributed by atoms with van der Waals surface area (Å²) >= 11 is 0. The summed E-state index contributed by atoms with van der Waals surface area (Å²) in [5.41, 5.74) is 8.41. The van der Waals surface area contributed by atoms with E-state index >= 15 is 0 Å². The van der Waals surface area contributed by atoms with E-state index in [1.807, 2.05) is 0 Å². The highest BCUT2D eigenvalue weighted by Crippen LogP contribution is 2.30. The van der Waals surface area contributed by atoms with E-state index in [1.54, 1.807) is 0 Å². The smallest absolute Gasteiger partial charge is 0.00985 e. The maximum absolute atomic E-state index is 5.86. The molecule has 1 aliphatic carbocycles. The van der Waals surface area contributed by atoms with Gasteiger partial charge in [0.05, 0.1) is 0 Å². The fourth-order valence-corrected chi connectivity index (χ4v) is 1.88. The second kappa shape index (κ2) is 2.65. The molecule has 0 saturated heterocycles. The Balaban J connectivity index is 2.74. The van der Waals surface area contributed by atoms with Crippen LogP contribution in [0.2, 0.25) is 0 Å². The molecule has 0 aliphatic heterocycles. The molecule has 2 atom stereocenters. The molecule has 10 heavy (non-hydrogen) atoms. The highest BCUT2D eigenvalue weighted by molar-refractivity contribution is 5.14. The molecular weight excluding hydrogens is 122 g/mol. The molecule has 1 aliphatic rings. The lowest BCUT2D eigenvalue weighted by Crippen LogP contribution is -2.19. The van der Waals surface area contributed by atoms with Gasteiger partial charge in [-0.25, -0.2) is 0 Å². The minimum Gasteiger partial charge on any atom is -0.402 e. The van der Waals surface area contributed by atoms with E-state index in [4.69, 9.17) is 5.73 Å². The molecule has 0 aromatic heterocycles. The lowest BCUT2D eigenvalue weighted by atomic mass is 9.82. The zero-order valence-corrected chi connectivity index (χ0v) is 7.15. The third-order valence-corrected chi connectivity index (χ3v) is 2.43. The molecule has 0 aromatic carbocycles. The van der Waals surface area contributed by atoms with Crippen LogP contribution in [-0.2, 0) is 0 Å². The topological polar surface area (TPSA) is 26.0 Å². The second-order valence-electron chi connectivity index (χ2n) is 3.68. The van der Waals surface area contributed by atoms with Crippen LogP contribution in [0.5, 0.6) is 0 Å². The quantitative estimate of drug-likeness (QED) is 0.547. The fraction of sp³-hybridized carbons (Fsp3) is 0.778. The summed E-state index contributed by atoms with van der Waals surface area (Å²) in [6.45, 7) is 6.67. The molecule has 0 fully saturated rings. The van der Waals surface area contributed by atoms with Crippen molar-refractivity contribution in [2.75, 3.05) is 0 Å². The molecule has 2 N–H and O–H groups in total. The maximum atomic E-state index is 5.86. The normalized spacial score (nSPS) is 34.7. The lowest BCUT2D eigenvalue weighted by Gasteiger charge is -2.26. The van der Waals surface area contributed by atoms with Gasteiger partial charge in [-0.3, -0.25) is 0 Å². The molecule has 1 nitrogen and oxygen atoms in total. The molecule has 0 heterocycles. The van der Waals surface area contributed by atoms with Gasteiger partial charge >= 0.3 is 0 Å². The Kier molecular flexibility index (Phi) is 2.02. The van der Waals surface area contributed by atoms with Gasteiger partial charge in [-0.05, 0) is 31.6 Å². The Morgan fingerprint density at radius 1 is 1.40 bits per heavy atom. The van der Waals surface area contributed by atoms with Crippen LogP contribution < -0.4 is 5.73 Å². The summed E-state index contributed by atoms with van der Waals surface area (Å²) in [7, 11) is 0. The van der Waals surface area contributed by atoms with Gasteiger partial charge in [0.1, 0.15) is 0 Å². The molecule has 0 aromatic rings. The highest BCUT2D eigenvalue weighted by atomic mass is 14.6. The summed E-state index contributed by atoms with van der Waals surface area (Å²) in [5.74, 6) is 1.45. The van der Waals surface area contributed by atoms with Crippen LogP contribution in [0.25, 0.3) is 0 Å². The van der Waals surface area contributed by atoms with Crippen molar-refractivity contribution in [2.24, 2.45) is 17.6 Å². The van der Waals surface area contributed by atoms with Crippen molar-refractivity contribution in [3.63, 3.8) is 0 Å². The summed E-state index contributed by atoms with van der Waals surface area (Å²) < 4.78 is 0. The van der Waals surface area contributed by atoms with Crippen LogP contribution in [0.1, 0.15) is 33.6 Å². The standard InChI is InChI=1S/C9H17N/c1-6-4-7(2)9(10)8(3)5-6/h6-7H,4-5,10H2,1-3H3. The largest absolute Gasteiger partial charge is 0.402 e. The van der Waals surface area contributed by atoms with Gasteiger partial charge < -0.3 is 5.73 Å². The molecule has 0 amide bonds. The summed E-state index contributed by atoms with van der Waals surface area (Å²) in [5, 5.41) is 0. The minimum atomic E-state index is 0.615. The van der Waals surface area contributed by atoms with E-state index in [1.165, 1.54) is 18.4 Å². The van der Waals surface area contributed by atoms with E-state index in [2.05, 4.69) is 20.8 Å². The maximum Gasteiger partial charge on any atom is 0.00985 e. The first-order valence-corrected chi connectivity index (χ1v) is 4.06.